The van der Waals surface area contributed by atoms with E-state index >= 15 is 0 Å². The highest BCUT2D eigenvalue weighted by Crippen LogP contribution is 2.33. The first kappa shape index (κ1) is 21.4. The van der Waals surface area contributed by atoms with Crippen LogP contribution in [0.1, 0.15) is 43.0 Å². The Balaban J connectivity index is 1.63. The van der Waals surface area contributed by atoms with Gasteiger partial charge in [0.05, 0.1) is 34.5 Å². The molecule has 1 aliphatic heterocycles. The van der Waals surface area contributed by atoms with Crippen molar-refractivity contribution < 1.29 is 14.3 Å². The number of hydrogen-bond acceptors (Lipinski definition) is 5. The summed E-state index contributed by atoms with van der Waals surface area (Å²) in [6.07, 6.45) is 6.73. The van der Waals surface area contributed by atoms with Crippen LogP contribution >= 0.6 is 0 Å². The van der Waals surface area contributed by atoms with Crippen molar-refractivity contribution in [2.75, 3.05) is 25.6 Å². The van der Waals surface area contributed by atoms with E-state index in [4.69, 9.17) is 4.74 Å². The maximum absolute atomic E-state index is 13.5. The SMILES string of the molecule is CNC(=O)c1cnc(NC(=O)C2CC2)c2[nH]c(-c3cccn(C4(C)CCCOC4)c3=O)cc12. The third-order valence-electron chi connectivity index (χ3n) is 6.56. The molecule has 0 radical (unpaired) electrons. The lowest BCUT2D eigenvalue weighted by molar-refractivity contribution is -0.117. The number of carbonyl (C=O) groups is 2. The van der Waals surface area contributed by atoms with Gasteiger partial charge in [-0.25, -0.2) is 4.98 Å². The average Bonchev–Trinajstić information content (AvgIpc) is 3.58. The molecule has 2 fully saturated rings. The molecule has 9 nitrogen and oxygen atoms in total. The quantitative estimate of drug-likeness (QED) is 0.553. The van der Waals surface area contributed by atoms with E-state index in [0.29, 0.717) is 46.8 Å². The van der Waals surface area contributed by atoms with E-state index in [0.717, 1.165) is 25.7 Å². The number of fused-ring (bicyclic) bond motifs is 1. The van der Waals surface area contributed by atoms with Gasteiger partial charge in [0.2, 0.25) is 5.91 Å². The highest BCUT2D eigenvalue weighted by Gasteiger charge is 2.32. The first-order valence-electron chi connectivity index (χ1n) is 11.3. The number of ether oxygens (including phenoxy) is 1. The Morgan fingerprint density at radius 3 is 2.85 bits per heavy atom. The third-order valence-corrected chi connectivity index (χ3v) is 6.56. The number of amides is 2. The minimum absolute atomic E-state index is 0.00896. The summed E-state index contributed by atoms with van der Waals surface area (Å²) in [5, 5.41) is 6.08. The highest BCUT2D eigenvalue weighted by atomic mass is 16.5. The number of nitrogens with zero attached hydrogens (tertiary/aromatic N) is 2. The maximum Gasteiger partial charge on any atom is 0.260 e. The first-order valence-corrected chi connectivity index (χ1v) is 11.3. The van der Waals surface area contributed by atoms with Gasteiger partial charge >= 0.3 is 0 Å². The second kappa shape index (κ2) is 8.15. The molecular formula is C24H27N5O4. The molecule has 3 aromatic rings. The van der Waals surface area contributed by atoms with E-state index in [1.54, 1.807) is 29.9 Å². The molecule has 1 saturated heterocycles. The van der Waals surface area contributed by atoms with Crippen LogP contribution in [0.5, 0.6) is 0 Å². The van der Waals surface area contributed by atoms with Gasteiger partial charge in [-0.3, -0.25) is 14.4 Å². The maximum atomic E-state index is 13.5. The monoisotopic (exact) mass is 449 g/mol. The summed E-state index contributed by atoms with van der Waals surface area (Å²) in [4.78, 5) is 45.9. The van der Waals surface area contributed by atoms with E-state index in [1.165, 1.54) is 6.20 Å². The van der Waals surface area contributed by atoms with Crippen LogP contribution in [0.25, 0.3) is 22.2 Å². The lowest BCUT2D eigenvalue weighted by Crippen LogP contribution is -2.44. The van der Waals surface area contributed by atoms with Crippen molar-refractivity contribution in [3.8, 4) is 11.3 Å². The topological polar surface area (TPSA) is 118 Å². The van der Waals surface area contributed by atoms with Crippen molar-refractivity contribution in [3.05, 3.63) is 46.5 Å². The molecule has 2 amide bonds. The molecule has 3 N–H and O–H groups in total. The van der Waals surface area contributed by atoms with Gasteiger partial charge < -0.3 is 24.9 Å². The van der Waals surface area contributed by atoms with Gasteiger partial charge in [0.25, 0.3) is 11.5 Å². The molecule has 4 heterocycles. The number of H-pyrrole nitrogens is 1. The fraction of sp³-hybridized carbons (Fsp3) is 0.417. The summed E-state index contributed by atoms with van der Waals surface area (Å²) in [6, 6.07) is 5.37. The molecule has 0 spiro atoms. The van der Waals surface area contributed by atoms with Crippen LogP contribution in [0.15, 0.2) is 35.4 Å². The molecule has 5 rings (SSSR count). The number of pyridine rings is 2. The number of nitrogens with one attached hydrogen (secondary N) is 3. The van der Waals surface area contributed by atoms with Crippen LogP contribution in [0.3, 0.4) is 0 Å². The highest BCUT2D eigenvalue weighted by molar-refractivity contribution is 6.11. The molecule has 9 heteroatoms. The smallest absolute Gasteiger partial charge is 0.260 e. The predicted octanol–water partition coefficient (Wildman–Crippen LogP) is 2.63. The molecule has 2 aliphatic rings. The molecule has 1 atom stereocenters. The minimum Gasteiger partial charge on any atom is -0.379 e. The van der Waals surface area contributed by atoms with Crippen LogP contribution in [-0.2, 0) is 15.1 Å². The summed E-state index contributed by atoms with van der Waals surface area (Å²) in [5.41, 5.74) is 1.35. The van der Waals surface area contributed by atoms with Gasteiger partial charge in [0.15, 0.2) is 5.82 Å². The summed E-state index contributed by atoms with van der Waals surface area (Å²) >= 11 is 0. The van der Waals surface area contributed by atoms with Crippen molar-refractivity contribution in [1.29, 1.82) is 0 Å². The van der Waals surface area contributed by atoms with Crippen LogP contribution in [-0.4, -0.2) is 46.6 Å². The van der Waals surface area contributed by atoms with E-state index in [-0.39, 0.29) is 23.3 Å². The van der Waals surface area contributed by atoms with Crippen molar-refractivity contribution in [3.63, 3.8) is 0 Å². The van der Waals surface area contributed by atoms with E-state index in [2.05, 4.69) is 20.6 Å². The molecule has 1 aliphatic carbocycles. The lowest BCUT2D eigenvalue weighted by Gasteiger charge is -2.35. The van der Waals surface area contributed by atoms with Gasteiger partial charge in [0.1, 0.15) is 0 Å². The Labute approximate surface area is 190 Å². The Morgan fingerprint density at radius 2 is 2.15 bits per heavy atom. The zero-order valence-corrected chi connectivity index (χ0v) is 18.7. The lowest BCUT2D eigenvalue weighted by atomic mass is 9.94. The van der Waals surface area contributed by atoms with Crippen molar-refractivity contribution in [2.24, 2.45) is 5.92 Å². The zero-order chi connectivity index (χ0) is 23.2. The number of aromatic amines is 1. The molecular weight excluding hydrogens is 422 g/mol. The van der Waals surface area contributed by atoms with Crippen molar-refractivity contribution >= 4 is 28.5 Å². The van der Waals surface area contributed by atoms with Gasteiger partial charge in [-0.15, -0.1) is 0 Å². The Kier molecular flexibility index (Phi) is 5.28. The van der Waals surface area contributed by atoms with E-state index < -0.39 is 5.54 Å². The Hall–Kier alpha value is -3.46. The van der Waals surface area contributed by atoms with Crippen LogP contribution in [0.2, 0.25) is 0 Å². The molecule has 3 aromatic heterocycles. The average molecular weight is 450 g/mol. The normalized spacial score (nSPS) is 20.5. The van der Waals surface area contributed by atoms with Gasteiger partial charge in [-0.2, -0.15) is 0 Å². The summed E-state index contributed by atoms with van der Waals surface area (Å²) in [6.45, 7) is 3.21. The first-order chi connectivity index (χ1) is 15.9. The van der Waals surface area contributed by atoms with Crippen molar-refractivity contribution in [2.45, 2.75) is 38.1 Å². The number of rotatable bonds is 5. The van der Waals surface area contributed by atoms with Gasteiger partial charge in [0, 0.05) is 37.4 Å². The Bertz CT molecular complexity index is 1300. The molecule has 1 unspecified atom stereocenters. The second-order valence-electron chi connectivity index (χ2n) is 9.08. The fourth-order valence-corrected chi connectivity index (χ4v) is 4.47. The fourth-order valence-electron chi connectivity index (χ4n) is 4.47. The summed E-state index contributed by atoms with van der Waals surface area (Å²) < 4.78 is 7.40. The Morgan fingerprint density at radius 1 is 1.33 bits per heavy atom. The predicted molar refractivity (Wildman–Crippen MR) is 124 cm³/mol. The van der Waals surface area contributed by atoms with Crippen molar-refractivity contribution in [1.82, 2.24) is 19.9 Å². The van der Waals surface area contributed by atoms with Crippen LogP contribution in [0, 0.1) is 5.92 Å². The number of carbonyl (C=O) groups excluding carboxylic acids is 2. The number of aromatic nitrogens is 3. The molecule has 0 aromatic carbocycles. The molecule has 172 valence electrons. The standard InChI is InChI=1S/C24H27N5O4/c1-24(8-4-10-33-13-24)29-9-3-5-15(23(29)32)18-11-16-17(22(31)25-2)12-26-20(19(16)27-18)28-21(30)14-6-7-14/h3,5,9,11-12,14,27H,4,6-8,10,13H2,1-2H3,(H,25,31)(H,26,28,30). The summed E-state index contributed by atoms with van der Waals surface area (Å²) in [5.74, 6) is -0.0187. The largest absolute Gasteiger partial charge is 0.379 e. The van der Waals surface area contributed by atoms with Gasteiger partial charge in [-0.1, -0.05) is 0 Å². The van der Waals surface area contributed by atoms with E-state index in [1.807, 2.05) is 13.0 Å². The molecule has 33 heavy (non-hydrogen) atoms. The number of anilines is 1. The van der Waals surface area contributed by atoms with E-state index in [9.17, 15) is 14.4 Å². The molecule has 0 bridgehead atoms. The van der Waals surface area contributed by atoms with Crippen LogP contribution < -0.4 is 16.2 Å². The van der Waals surface area contributed by atoms with Crippen LogP contribution in [0.4, 0.5) is 5.82 Å². The second-order valence-corrected chi connectivity index (χ2v) is 9.08. The third kappa shape index (κ3) is 3.82. The zero-order valence-electron chi connectivity index (χ0n) is 18.7. The summed E-state index contributed by atoms with van der Waals surface area (Å²) in [7, 11) is 1.55. The number of hydrogen-bond donors (Lipinski definition) is 3. The molecule has 1 saturated carbocycles. The minimum atomic E-state index is -0.421. The van der Waals surface area contributed by atoms with Gasteiger partial charge in [-0.05, 0) is 50.8 Å².